The first-order chi connectivity index (χ1) is 19.5. The SMILES string of the molecule is CNC(=O)OC(C/C=C\NC(=O)C(NC(=O)\C=C/C=C\C(C)=C\C(C)C1CC=C(OC)CO1)C(C)C)C/C=C(\C)Cl. The van der Waals surface area contributed by atoms with E-state index in [4.69, 9.17) is 25.8 Å². The molecule has 0 aromatic heterocycles. The van der Waals surface area contributed by atoms with Crippen LogP contribution in [0.5, 0.6) is 0 Å². The summed E-state index contributed by atoms with van der Waals surface area (Å²) in [5.41, 5.74) is 1.05. The van der Waals surface area contributed by atoms with Crippen LogP contribution in [0.4, 0.5) is 4.79 Å². The zero-order valence-electron chi connectivity index (χ0n) is 25.2. The number of carbonyl (C=O) groups excluding carboxylic acids is 3. The molecule has 3 amide bonds. The molecule has 0 saturated carbocycles. The highest BCUT2D eigenvalue weighted by molar-refractivity contribution is 6.29. The predicted molar refractivity (Wildman–Crippen MR) is 163 cm³/mol. The predicted octanol–water partition coefficient (Wildman–Crippen LogP) is 5.42. The van der Waals surface area contributed by atoms with Crippen molar-refractivity contribution in [2.24, 2.45) is 11.8 Å². The minimum atomic E-state index is -0.730. The molecule has 10 heteroatoms. The lowest BCUT2D eigenvalue weighted by atomic mass is 9.97. The van der Waals surface area contributed by atoms with Crippen LogP contribution in [0, 0.1) is 11.8 Å². The lowest BCUT2D eigenvalue weighted by Gasteiger charge is -2.25. The van der Waals surface area contributed by atoms with Crippen LogP contribution in [0.25, 0.3) is 0 Å². The Kier molecular flexibility index (Phi) is 17.2. The number of hydrogen-bond donors (Lipinski definition) is 3. The molecular formula is C31H46ClN3O6. The first kappa shape index (κ1) is 35.7. The second kappa shape index (κ2) is 19.7. The zero-order chi connectivity index (χ0) is 30.8. The van der Waals surface area contributed by atoms with E-state index in [0.29, 0.717) is 24.5 Å². The van der Waals surface area contributed by atoms with Gasteiger partial charge >= 0.3 is 6.09 Å². The fourth-order valence-electron chi connectivity index (χ4n) is 3.88. The molecule has 1 aliphatic rings. The van der Waals surface area contributed by atoms with Gasteiger partial charge in [0.1, 0.15) is 24.5 Å². The Morgan fingerprint density at radius 1 is 1.15 bits per heavy atom. The average molecular weight is 592 g/mol. The van der Waals surface area contributed by atoms with E-state index < -0.39 is 18.2 Å². The molecule has 0 fully saturated rings. The van der Waals surface area contributed by atoms with E-state index in [-0.39, 0.29) is 29.8 Å². The van der Waals surface area contributed by atoms with Gasteiger partial charge in [-0.3, -0.25) is 9.59 Å². The highest BCUT2D eigenvalue weighted by atomic mass is 35.5. The summed E-state index contributed by atoms with van der Waals surface area (Å²) in [4.78, 5) is 36.8. The monoisotopic (exact) mass is 591 g/mol. The summed E-state index contributed by atoms with van der Waals surface area (Å²) in [6.07, 6.45) is 16.6. The van der Waals surface area contributed by atoms with Crippen LogP contribution in [-0.2, 0) is 23.8 Å². The number of nitrogens with one attached hydrogen (secondary N) is 3. The van der Waals surface area contributed by atoms with E-state index in [1.54, 1.807) is 38.3 Å². The summed E-state index contributed by atoms with van der Waals surface area (Å²) in [6, 6.07) is -0.730. The highest BCUT2D eigenvalue weighted by Crippen LogP contribution is 2.21. The Bertz CT molecular complexity index is 1040. The molecule has 1 heterocycles. The number of ether oxygens (including phenoxy) is 3. The third-order valence-corrected chi connectivity index (χ3v) is 6.39. The molecule has 0 aromatic carbocycles. The maximum Gasteiger partial charge on any atom is 0.407 e. The van der Waals surface area contributed by atoms with E-state index in [9.17, 15) is 14.4 Å². The third-order valence-electron chi connectivity index (χ3n) is 6.24. The van der Waals surface area contributed by atoms with E-state index in [1.807, 2.05) is 26.8 Å². The number of rotatable bonds is 15. The molecule has 0 saturated heterocycles. The molecule has 0 aromatic rings. The first-order valence-electron chi connectivity index (χ1n) is 13.8. The van der Waals surface area contributed by atoms with Crippen molar-refractivity contribution in [1.82, 2.24) is 16.0 Å². The molecular weight excluding hydrogens is 546 g/mol. The average Bonchev–Trinajstić information content (AvgIpc) is 2.94. The maximum absolute atomic E-state index is 12.7. The van der Waals surface area contributed by atoms with Gasteiger partial charge in [0.25, 0.3) is 0 Å². The van der Waals surface area contributed by atoms with Gasteiger partial charge in [0.2, 0.25) is 11.8 Å². The lowest BCUT2D eigenvalue weighted by Crippen LogP contribution is -2.48. The molecule has 228 valence electrons. The summed E-state index contributed by atoms with van der Waals surface area (Å²) >= 11 is 5.88. The minimum Gasteiger partial charge on any atom is -0.499 e. The van der Waals surface area contributed by atoms with Gasteiger partial charge in [-0.05, 0) is 38.5 Å². The summed E-state index contributed by atoms with van der Waals surface area (Å²) in [5, 5.41) is 8.45. The topological polar surface area (TPSA) is 115 Å². The Morgan fingerprint density at radius 2 is 1.85 bits per heavy atom. The molecule has 4 atom stereocenters. The maximum atomic E-state index is 12.7. The fourth-order valence-corrected chi connectivity index (χ4v) is 3.97. The van der Waals surface area contributed by atoms with Crippen molar-refractivity contribution in [1.29, 1.82) is 0 Å². The second-order valence-electron chi connectivity index (χ2n) is 10.1. The number of methoxy groups -OCH3 is 1. The highest BCUT2D eigenvalue weighted by Gasteiger charge is 2.23. The Labute approximate surface area is 249 Å². The van der Waals surface area contributed by atoms with Crippen molar-refractivity contribution in [2.75, 3.05) is 20.8 Å². The summed E-state index contributed by atoms with van der Waals surface area (Å²) in [6.45, 7) is 10.0. The molecule has 9 nitrogen and oxygen atoms in total. The lowest BCUT2D eigenvalue weighted by molar-refractivity contribution is -0.127. The van der Waals surface area contributed by atoms with Crippen LogP contribution in [0.3, 0.4) is 0 Å². The zero-order valence-corrected chi connectivity index (χ0v) is 26.0. The molecule has 0 radical (unpaired) electrons. The van der Waals surface area contributed by atoms with Gasteiger partial charge in [-0.2, -0.15) is 0 Å². The van der Waals surface area contributed by atoms with Crippen molar-refractivity contribution in [3.63, 3.8) is 0 Å². The smallest absolute Gasteiger partial charge is 0.407 e. The van der Waals surface area contributed by atoms with Gasteiger partial charge < -0.3 is 30.2 Å². The number of hydrogen-bond acceptors (Lipinski definition) is 6. The van der Waals surface area contributed by atoms with Crippen molar-refractivity contribution in [3.8, 4) is 0 Å². The van der Waals surface area contributed by atoms with Crippen LogP contribution < -0.4 is 16.0 Å². The summed E-state index contributed by atoms with van der Waals surface area (Å²) in [7, 11) is 3.13. The normalized spacial score (nSPS) is 18.8. The van der Waals surface area contributed by atoms with Crippen molar-refractivity contribution in [2.45, 2.75) is 72.1 Å². The first-order valence-corrected chi connectivity index (χ1v) is 14.2. The largest absolute Gasteiger partial charge is 0.499 e. The number of carbonyl (C=O) groups is 3. The molecule has 0 bridgehead atoms. The van der Waals surface area contributed by atoms with Gasteiger partial charge in [-0.1, -0.05) is 74.4 Å². The van der Waals surface area contributed by atoms with E-state index in [1.165, 1.54) is 19.3 Å². The van der Waals surface area contributed by atoms with Gasteiger partial charge in [-0.25, -0.2) is 4.79 Å². The summed E-state index contributed by atoms with van der Waals surface area (Å²) < 4.78 is 16.4. The molecule has 1 rings (SSSR count). The Balaban J connectivity index is 2.61. The van der Waals surface area contributed by atoms with Crippen LogP contribution in [-0.4, -0.2) is 56.9 Å². The molecule has 0 aliphatic carbocycles. The third kappa shape index (κ3) is 15.3. The van der Waals surface area contributed by atoms with Crippen LogP contribution >= 0.6 is 11.6 Å². The molecule has 41 heavy (non-hydrogen) atoms. The number of halogens is 1. The number of amides is 3. The van der Waals surface area contributed by atoms with E-state index >= 15 is 0 Å². The molecule has 1 aliphatic heterocycles. The van der Waals surface area contributed by atoms with Crippen molar-refractivity contribution >= 4 is 29.5 Å². The summed E-state index contributed by atoms with van der Waals surface area (Å²) in [5.74, 6) is 0.221. The Hall–Kier alpha value is -3.30. The van der Waals surface area contributed by atoms with Crippen LogP contribution in [0.1, 0.15) is 53.9 Å². The molecule has 0 spiro atoms. The standard InChI is InChI=1S/C31H46ClN3O6/c1-21(2)29(30(37)34-18-10-12-25(15-14-24(5)32)41-31(38)33-6)35-28(36)13-9-8-11-22(3)19-23(4)27-17-16-26(39-7)20-40-27/h8-11,13-14,16,18-19,21,23,25,27,29H,12,15,17,20H2,1-7H3,(H,33,38)(H,34,37)(H,35,36)/b11-8-,13-9-,18-10-,22-19+,24-14+. The van der Waals surface area contributed by atoms with E-state index in [0.717, 1.165) is 17.8 Å². The van der Waals surface area contributed by atoms with Gasteiger partial charge in [0.05, 0.1) is 13.2 Å². The quantitative estimate of drug-likeness (QED) is 0.173. The van der Waals surface area contributed by atoms with Crippen LogP contribution in [0.2, 0.25) is 0 Å². The number of allylic oxidation sites excluding steroid dienone is 5. The van der Waals surface area contributed by atoms with Crippen molar-refractivity contribution in [3.05, 3.63) is 71.2 Å². The molecule has 4 unspecified atom stereocenters. The van der Waals surface area contributed by atoms with Crippen LogP contribution in [0.15, 0.2) is 71.2 Å². The fraction of sp³-hybridized carbons (Fsp3) is 0.516. The van der Waals surface area contributed by atoms with E-state index in [2.05, 4.69) is 35.0 Å². The second-order valence-corrected chi connectivity index (χ2v) is 10.7. The van der Waals surface area contributed by atoms with Crippen molar-refractivity contribution < 1.29 is 28.6 Å². The van der Waals surface area contributed by atoms with Gasteiger partial charge in [0, 0.05) is 36.9 Å². The Morgan fingerprint density at radius 3 is 2.44 bits per heavy atom. The molecule has 3 N–H and O–H groups in total. The minimum absolute atomic E-state index is 0.0992. The van der Waals surface area contributed by atoms with Gasteiger partial charge in [-0.15, -0.1) is 0 Å². The number of alkyl carbamates (subject to hydrolysis) is 1. The van der Waals surface area contributed by atoms with Gasteiger partial charge in [0.15, 0.2) is 0 Å².